The van der Waals surface area contributed by atoms with Gasteiger partial charge in [-0.25, -0.2) is 4.79 Å². The molecule has 6 heteroatoms. The molecule has 4 unspecified atom stereocenters. The molecule has 0 radical (unpaired) electrons. The van der Waals surface area contributed by atoms with Crippen LogP contribution in [0.1, 0.15) is 45.4 Å². The van der Waals surface area contributed by atoms with E-state index < -0.39 is 11.4 Å². The lowest BCUT2D eigenvalue weighted by Gasteiger charge is -2.29. The van der Waals surface area contributed by atoms with Crippen LogP contribution in [0.5, 0.6) is 0 Å². The van der Waals surface area contributed by atoms with Crippen LogP contribution in [-0.4, -0.2) is 41.9 Å². The Hall–Kier alpha value is -1.30. The van der Waals surface area contributed by atoms with Crippen molar-refractivity contribution in [1.82, 2.24) is 10.6 Å². The lowest BCUT2D eigenvalue weighted by molar-refractivity contribution is -0.148. The zero-order valence-corrected chi connectivity index (χ0v) is 12.4. The number of amides is 2. The van der Waals surface area contributed by atoms with Crippen LogP contribution in [0, 0.1) is 11.3 Å². The molecule has 3 aliphatic rings. The maximum atomic E-state index is 12.2. The van der Waals surface area contributed by atoms with Crippen molar-refractivity contribution in [3.8, 4) is 0 Å². The summed E-state index contributed by atoms with van der Waals surface area (Å²) in [5.74, 6) is -0.237. The summed E-state index contributed by atoms with van der Waals surface area (Å²) >= 11 is 0. The molecular weight excluding hydrogens is 272 g/mol. The highest BCUT2D eigenvalue weighted by atomic mass is 16.5. The van der Waals surface area contributed by atoms with Crippen LogP contribution >= 0.6 is 0 Å². The fourth-order valence-corrected chi connectivity index (χ4v) is 3.68. The predicted molar refractivity (Wildman–Crippen MR) is 75.9 cm³/mol. The Morgan fingerprint density at radius 1 is 1.19 bits per heavy atom. The zero-order chi connectivity index (χ0) is 15.0. The number of aliphatic carboxylic acids is 1. The van der Waals surface area contributed by atoms with E-state index in [0.717, 1.165) is 19.3 Å². The van der Waals surface area contributed by atoms with Crippen molar-refractivity contribution >= 4 is 12.0 Å². The molecular formula is C15H24N2O4. The third kappa shape index (κ3) is 2.86. The summed E-state index contributed by atoms with van der Waals surface area (Å²) in [6.45, 7) is 2.42. The van der Waals surface area contributed by atoms with Crippen molar-refractivity contribution in [1.29, 1.82) is 0 Å². The largest absolute Gasteiger partial charge is 0.481 e. The Morgan fingerprint density at radius 2 is 1.95 bits per heavy atom. The van der Waals surface area contributed by atoms with Crippen LogP contribution in [0.25, 0.3) is 0 Å². The maximum absolute atomic E-state index is 12.2. The van der Waals surface area contributed by atoms with E-state index in [1.54, 1.807) is 6.92 Å². The molecule has 0 aromatic carbocycles. The highest BCUT2D eigenvalue weighted by molar-refractivity contribution is 5.79. The number of carboxylic acids is 1. The molecule has 0 aromatic heterocycles. The Morgan fingerprint density at radius 3 is 2.62 bits per heavy atom. The molecule has 1 aliphatic heterocycles. The molecule has 3 fully saturated rings. The van der Waals surface area contributed by atoms with Crippen LogP contribution in [0.15, 0.2) is 0 Å². The minimum Gasteiger partial charge on any atom is -0.481 e. The molecule has 6 nitrogen and oxygen atoms in total. The van der Waals surface area contributed by atoms with Gasteiger partial charge in [0.25, 0.3) is 0 Å². The van der Waals surface area contributed by atoms with Gasteiger partial charge in [-0.1, -0.05) is 6.42 Å². The summed E-state index contributed by atoms with van der Waals surface area (Å²) in [5, 5.41) is 15.2. The van der Waals surface area contributed by atoms with E-state index in [4.69, 9.17) is 4.74 Å². The first-order valence-electron chi connectivity index (χ1n) is 7.93. The van der Waals surface area contributed by atoms with Crippen molar-refractivity contribution in [3.63, 3.8) is 0 Å². The average Bonchev–Trinajstić information content (AvgIpc) is 3.06. The Bertz CT molecular complexity index is 437. The summed E-state index contributed by atoms with van der Waals surface area (Å²) in [4.78, 5) is 23.6. The van der Waals surface area contributed by atoms with Crippen molar-refractivity contribution in [2.24, 2.45) is 11.3 Å². The van der Waals surface area contributed by atoms with E-state index >= 15 is 0 Å². The smallest absolute Gasteiger partial charge is 0.315 e. The number of hydrogen-bond acceptors (Lipinski definition) is 3. The average molecular weight is 296 g/mol. The van der Waals surface area contributed by atoms with Gasteiger partial charge in [0.15, 0.2) is 0 Å². The van der Waals surface area contributed by atoms with E-state index in [0.29, 0.717) is 18.9 Å². The summed E-state index contributed by atoms with van der Waals surface area (Å²) < 4.78 is 5.70. The van der Waals surface area contributed by atoms with Crippen molar-refractivity contribution in [2.45, 2.75) is 63.6 Å². The topological polar surface area (TPSA) is 87.7 Å². The predicted octanol–water partition coefficient (Wildman–Crippen LogP) is 1.50. The summed E-state index contributed by atoms with van der Waals surface area (Å²) in [5.41, 5.74) is -0.848. The lowest BCUT2D eigenvalue weighted by Crippen LogP contribution is -2.53. The molecule has 1 saturated heterocycles. The molecule has 0 bridgehead atoms. The second-order valence-corrected chi connectivity index (χ2v) is 6.85. The molecule has 0 spiro atoms. The van der Waals surface area contributed by atoms with Gasteiger partial charge in [-0.05, 0) is 44.9 Å². The van der Waals surface area contributed by atoms with Crippen molar-refractivity contribution in [2.75, 3.05) is 6.61 Å². The molecule has 3 N–H and O–H groups in total. The van der Waals surface area contributed by atoms with E-state index in [9.17, 15) is 14.7 Å². The van der Waals surface area contributed by atoms with Gasteiger partial charge in [-0.15, -0.1) is 0 Å². The molecule has 3 rings (SSSR count). The molecule has 21 heavy (non-hydrogen) atoms. The quantitative estimate of drug-likeness (QED) is 0.733. The van der Waals surface area contributed by atoms with Gasteiger partial charge >= 0.3 is 12.0 Å². The number of rotatable bonds is 4. The van der Waals surface area contributed by atoms with Gasteiger partial charge in [0, 0.05) is 12.6 Å². The Kier molecular flexibility index (Phi) is 3.82. The second-order valence-electron chi connectivity index (χ2n) is 6.85. The minimum absolute atomic E-state index is 0.0648. The van der Waals surface area contributed by atoms with Crippen molar-refractivity contribution in [3.05, 3.63) is 0 Å². The zero-order valence-electron chi connectivity index (χ0n) is 12.4. The van der Waals surface area contributed by atoms with Crippen LogP contribution < -0.4 is 10.6 Å². The number of ether oxygens (including phenoxy) is 1. The standard InChI is InChI=1S/C15H24N2O4/c1-15(13(18)19)7-2-3-11(15)17-14(20)16-10-6-8-21-12(10)9-4-5-9/h9-12H,2-8H2,1H3,(H,18,19)(H2,16,17,20). The first kappa shape index (κ1) is 14.6. The van der Waals surface area contributed by atoms with Crippen LogP contribution in [0.2, 0.25) is 0 Å². The summed E-state index contributed by atoms with van der Waals surface area (Å²) in [7, 11) is 0. The summed E-state index contributed by atoms with van der Waals surface area (Å²) in [6.07, 6.45) is 5.54. The number of carboxylic acid groups (broad SMARTS) is 1. The normalized spacial score (nSPS) is 39.2. The van der Waals surface area contributed by atoms with Gasteiger partial charge in [0.1, 0.15) is 0 Å². The second kappa shape index (κ2) is 5.48. The number of urea groups is 1. The number of carbonyl (C=O) groups excluding carboxylic acids is 1. The van der Waals surface area contributed by atoms with Crippen molar-refractivity contribution < 1.29 is 19.4 Å². The molecule has 1 heterocycles. The molecule has 118 valence electrons. The lowest BCUT2D eigenvalue weighted by atomic mass is 9.85. The van der Waals surface area contributed by atoms with E-state index in [1.165, 1.54) is 12.8 Å². The highest BCUT2D eigenvalue weighted by Gasteiger charge is 2.46. The number of hydrogen-bond donors (Lipinski definition) is 3. The third-order valence-electron chi connectivity index (χ3n) is 5.29. The molecule has 2 saturated carbocycles. The van der Waals surface area contributed by atoms with Crippen LogP contribution in [-0.2, 0) is 9.53 Å². The molecule has 0 aromatic rings. The van der Waals surface area contributed by atoms with Gasteiger partial charge < -0.3 is 20.5 Å². The van der Waals surface area contributed by atoms with Crippen LogP contribution in [0.4, 0.5) is 4.79 Å². The van der Waals surface area contributed by atoms with Gasteiger partial charge in [0.2, 0.25) is 0 Å². The minimum atomic E-state index is -0.848. The maximum Gasteiger partial charge on any atom is 0.315 e. The van der Waals surface area contributed by atoms with Gasteiger partial charge in [-0.2, -0.15) is 0 Å². The first-order chi connectivity index (χ1) is 10.0. The number of nitrogens with one attached hydrogen (secondary N) is 2. The van der Waals surface area contributed by atoms with Gasteiger partial charge in [-0.3, -0.25) is 4.79 Å². The fourth-order valence-electron chi connectivity index (χ4n) is 3.68. The van der Waals surface area contributed by atoms with E-state index in [1.807, 2.05) is 0 Å². The first-order valence-corrected chi connectivity index (χ1v) is 7.93. The highest BCUT2D eigenvalue weighted by Crippen LogP contribution is 2.39. The Balaban J connectivity index is 1.55. The SMILES string of the molecule is CC1(C(=O)O)CCCC1NC(=O)NC1CCOC1C1CC1. The number of carbonyl (C=O) groups is 2. The monoisotopic (exact) mass is 296 g/mol. The summed E-state index contributed by atoms with van der Waals surface area (Å²) in [6, 6.07) is -0.484. The fraction of sp³-hybridized carbons (Fsp3) is 0.867. The third-order valence-corrected chi connectivity index (χ3v) is 5.29. The van der Waals surface area contributed by atoms with E-state index in [2.05, 4.69) is 10.6 Å². The Labute approximate surface area is 124 Å². The molecule has 2 amide bonds. The molecule has 2 aliphatic carbocycles. The van der Waals surface area contributed by atoms with E-state index in [-0.39, 0.29) is 24.2 Å². The van der Waals surface area contributed by atoms with Gasteiger partial charge in [0.05, 0.1) is 17.6 Å². The molecule has 4 atom stereocenters. The van der Waals surface area contributed by atoms with Crippen LogP contribution in [0.3, 0.4) is 0 Å².